The van der Waals surface area contributed by atoms with Crippen LogP contribution in [0.3, 0.4) is 0 Å². The Hall–Kier alpha value is -2.90. The Morgan fingerprint density at radius 1 is 1.12 bits per heavy atom. The molecule has 7 heteroatoms. The average Bonchev–Trinajstić information content (AvgIpc) is 3.18. The molecule has 0 unspecified atom stereocenters. The van der Waals surface area contributed by atoms with Crippen LogP contribution in [0.2, 0.25) is 0 Å². The van der Waals surface area contributed by atoms with E-state index in [-0.39, 0.29) is 24.0 Å². The van der Waals surface area contributed by atoms with Crippen molar-refractivity contribution in [2.24, 2.45) is 5.92 Å². The Balaban J connectivity index is 1.29. The minimum Gasteiger partial charge on any atom is -0.497 e. The van der Waals surface area contributed by atoms with Crippen LogP contribution in [0.4, 0.5) is 0 Å². The second-order valence-corrected chi connectivity index (χ2v) is 9.95. The Bertz CT molecular complexity index is 1130. The lowest BCUT2D eigenvalue weighted by Gasteiger charge is -2.48. The van der Waals surface area contributed by atoms with Gasteiger partial charge < -0.3 is 14.8 Å². The maximum Gasteiger partial charge on any atom is 0.272 e. The predicted octanol–water partition coefficient (Wildman–Crippen LogP) is 3.86. The topological polar surface area (TPSA) is 68.6 Å². The molecule has 180 valence electrons. The van der Waals surface area contributed by atoms with Crippen LogP contribution in [0, 0.1) is 5.92 Å². The van der Waals surface area contributed by atoms with Gasteiger partial charge in [-0.2, -0.15) is 5.10 Å². The Morgan fingerprint density at radius 2 is 1.82 bits per heavy atom. The summed E-state index contributed by atoms with van der Waals surface area (Å²) in [5.41, 5.74) is 2.81. The number of hydrogen-bond acceptors (Lipinski definition) is 5. The molecular weight excluding hydrogens is 428 g/mol. The third-order valence-corrected chi connectivity index (χ3v) is 6.94. The van der Waals surface area contributed by atoms with Crippen molar-refractivity contribution in [2.45, 2.75) is 57.9 Å². The van der Waals surface area contributed by atoms with Gasteiger partial charge in [-0.1, -0.05) is 44.2 Å². The number of carbonyl (C=O) groups is 1. The van der Waals surface area contributed by atoms with E-state index in [1.807, 2.05) is 41.1 Å². The maximum absolute atomic E-state index is 13.3. The van der Waals surface area contributed by atoms with Gasteiger partial charge in [0, 0.05) is 36.6 Å². The minimum atomic E-state index is -0.0775. The largest absolute Gasteiger partial charge is 0.497 e. The zero-order chi connectivity index (χ0) is 23.7. The molecule has 3 aromatic rings. The molecule has 0 aliphatic carbocycles. The molecule has 3 heterocycles. The van der Waals surface area contributed by atoms with Crippen molar-refractivity contribution in [3.05, 3.63) is 59.8 Å². The number of morpholine rings is 1. The van der Waals surface area contributed by atoms with Crippen molar-refractivity contribution < 1.29 is 14.3 Å². The van der Waals surface area contributed by atoms with Crippen LogP contribution >= 0.6 is 0 Å². The van der Waals surface area contributed by atoms with Gasteiger partial charge in [0.2, 0.25) is 0 Å². The summed E-state index contributed by atoms with van der Waals surface area (Å²) in [6.07, 6.45) is 1.76. The van der Waals surface area contributed by atoms with Gasteiger partial charge in [0.05, 0.1) is 25.8 Å². The number of ether oxygens (including phenoxy) is 2. The third-order valence-electron chi connectivity index (χ3n) is 6.94. The standard InChI is InChI=1S/C27H34N4O3/c1-18(2)14-31-25-7-5-4-6-24(25)26(29-31)27(32)28-20-12-21-16-34-17-22(13-20)30(21)15-19-8-10-23(33-3)11-9-19/h4-11,18,20-22H,12-17H2,1-3H3,(H,28,32)/t20-,21-,22+. The maximum atomic E-state index is 13.3. The third kappa shape index (κ3) is 4.68. The molecule has 5 rings (SSSR count). The van der Waals surface area contributed by atoms with Gasteiger partial charge in [0.1, 0.15) is 5.75 Å². The monoisotopic (exact) mass is 462 g/mol. The number of fused-ring (bicyclic) bond motifs is 3. The average molecular weight is 463 g/mol. The van der Waals surface area contributed by atoms with E-state index in [1.54, 1.807) is 7.11 Å². The van der Waals surface area contributed by atoms with E-state index in [1.165, 1.54) is 5.56 Å². The molecule has 2 saturated heterocycles. The van der Waals surface area contributed by atoms with Crippen molar-refractivity contribution >= 4 is 16.8 Å². The zero-order valence-electron chi connectivity index (χ0n) is 20.2. The number of nitrogens with one attached hydrogen (secondary N) is 1. The molecule has 7 nitrogen and oxygen atoms in total. The van der Waals surface area contributed by atoms with Gasteiger partial charge in [0.25, 0.3) is 5.91 Å². The molecule has 1 amide bonds. The summed E-state index contributed by atoms with van der Waals surface area (Å²) >= 11 is 0. The fourth-order valence-corrected chi connectivity index (χ4v) is 5.34. The first-order valence-electron chi connectivity index (χ1n) is 12.2. The lowest BCUT2D eigenvalue weighted by atomic mass is 9.89. The van der Waals surface area contributed by atoms with Gasteiger partial charge in [-0.05, 0) is 42.5 Å². The second kappa shape index (κ2) is 9.76. The van der Waals surface area contributed by atoms with Gasteiger partial charge in [-0.25, -0.2) is 0 Å². The van der Waals surface area contributed by atoms with Crippen molar-refractivity contribution in [1.29, 1.82) is 0 Å². The van der Waals surface area contributed by atoms with E-state index in [0.29, 0.717) is 24.8 Å². The predicted molar refractivity (Wildman–Crippen MR) is 132 cm³/mol. The lowest BCUT2D eigenvalue weighted by Crippen LogP contribution is -2.60. The number of piperidine rings is 1. The number of amides is 1. The van der Waals surface area contributed by atoms with Crippen molar-refractivity contribution in [2.75, 3.05) is 20.3 Å². The van der Waals surface area contributed by atoms with E-state index < -0.39 is 0 Å². The van der Waals surface area contributed by atoms with E-state index in [9.17, 15) is 4.79 Å². The number of aromatic nitrogens is 2. The van der Waals surface area contributed by atoms with Crippen LogP contribution in [0.15, 0.2) is 48.5 Å². The quantitative estimate of drug-likeness (QED) is 0.577. The zero-order valence-corrected chi connectivity index (χ0v) is 20.2. The van der Waals surface area contributed by atoms with Crippen LogP contribution in [0.25, 0.3) is 10.9 Å². The number of rotatable bonds is 7. The summed E-state index contributed by atoms with van der Waals surface area (Å²) in [5, 5.41) is 8.94. The first-order chi connectivity index (χ1) is 16.5. The number of methoxy groups -OCH3 is 1. The Labute approximate surface area is 201 Å². The van der Waals surface area contributed by atoms with E-state index in [0.717, 1.165) is 42.6 Å². The van der Waals surface area contributed by atoms with Crippen molar-refractivity contribution in [1.82, 2.24) is 20.0 Å². The summed E-state index contributed by atoms with van der Waals surface area (Å²) in [6.45, 7) is 7.40. The van der Waals surface area contributed by atoms with Gasteiger partial charge in [0.15, 0.2) is 5.69 Å². The molecule has 2 fully saturated rings. The number of carbonyl (C=O) groups excluding carboxylic acids is 1. The van der Waals surface area contributed by atoms with Gasteiger partial charge in [-0.15, -0.1) is 0 Å². The highest BCUT2D eigenvalue weighted by molar-refractivity contribution is 6.05. The molecule has 1 N–H and O–H groups in total. The highest BCUT2D eigenvalue weighted by Gasteiger charge is 2.39. The van der Waals surface area contributed by atoms with Gasteiger partial charge >= 0.3 is 0 Å². The molecule has 2 bridgehead atoms. The summed E-state index contributed by atoms with van der Waals surface area (Å²) in [7, 11) is 1.69. The molecule has 1 aromatic heterocycles. The highest BCUT2D eigenvalue weighted by atomic mass is 16.5. The molecule has 0 radical (unpaired) electrons. The molecule has 0 spiro atoms. The van der Waals surface area contributed by atoms with Crippen molar-refractivity contribution in [3.63, 3.8) is 0 Å². The molecule has 34 heavy (non-hydrogen) atoms. The minimum absolute atomic E-state index is 0.0775. The summed E-state index contributed by atoms with van der Waals surface area (Å²) in [4.78, 5) is 15.9. The smallest absolute Gasteiger partial charge is 0.272 e. The first-order valence-corrected chi connectivity index (χ1v) is 12.2. The summed E-state index contributed by atoms with van der Waals surface area (Å²) in [5.74, 6) is 1.25. The van der Waals surface area contributed by atoms with Crippen LogP contribution < -0.4 is 10.1 Å². The Morgan fingerprint density at radius 3 is 2.50 bits per heavy atom. The molecule has 3 atom stereocenters. The fraction of sp³-hybridized carbons (Fsp3) is 0.481. The molecule has 0 saturated carbocycles. The molecule has 2 aromatic carbocycles. The van der Waals surface area contributed by atoms with E-state index in [2.05, 4.69) is 36.2 Å². The fourth-order valence-electron chi connectivity index (χ4n) is 5.34. The normalized spacial score (nSPS) is 22.8. The lowest BCUT2D eigenvalue weighted by molar-refractivity contribution is -0.0843. The van der Waals surface area contributed by atoms with E-state index >= 15 is 0 Å². The summed E-state index contributed by atoms with van der Waals surface area (Å²) in [6, 6.07) is 17.0. The SMILES string of the molecule is COc1ccc(CN2[C@@H]3COC[C@H]2C[C@@H](NC(=O)c2nn(CC(C)C)c4ccccc24)C3)cc1. The van der Waals surface area contributed by atoms with E-state index in [4.69, 9.17) is 14.6 Å². The number of benzene rings is 2. The Kier molecular flexibility index (Phi) is 6.57. The second-order valence-electron chi connectivity index (χ2n) is 9.95. The summed E-state index contributed by atoms with van der Waals surface area (Å²) < 4.78 is 13.1. The van der Waals surface area contributed by atoms with Crippen LogP contribution in [0.5, 0.6) is 5.75 Å². The first kappa shape index (κ1) is 22.9. The van der Waals surface area contributed by atoms with Crippen LogP contribution in [0.1, 0.15) is 42.7 Å². The number of para-hydroxylation sites is 1. The highest BCUT2D eigenvalue weighted by Crippen LogP contribution is 2.30. The van der Waals surface area contributed by atoms with Gasteiger partial charge in [-0.3, -0.25) is 14.4 Å². The van der Waals surface area contributed by atoms with Crippen molar-refractivity contribution in [3.8, 4) is 5.75 Å². The molecule has 2 aliphatic heterocycles. The van der Waals surface area contributed by atoms with Crippen LogP contribution in [-0.2, 0) is 17.8 Å². The number of hydrogen-bond donors (Lipinski definition) is 1. The molecule has 2 aliphatic rings. The molecular formula is C27H34N4O3. The van der Waals surface area contributed by atoms with Crippen LogP contribution in [-0.4, -0.2) is 59.0 Å². The number of nitrogens with zero attached hydrogens (tertiary/aromatic N) is 3.